The first-order chi connectivity index (χ1) is 16.4. The predicted octanol–water partition coefficient (Wildman–Crippen LogP) is 4.47. The third kappa shape index (κ3) is 4.55. The zero-order chi connectivity index (χ0) is 23.8. The summed E-state index contributed by atoms with van der Waals surface area (Å²) >= 11 is 9.73. The largest absolute Gasteiger partial charge is 0.619 e. The fourth-order valence-corrected chi connectivity index (χ4v) is 5.74. The summed E-state index contributed by atoms with van der Waals surface area (Å²) in [6.07, 6.45) is 10.2. The minimum atomic E-state index is -0.0956. The fraction of sp³-hybridized carbons (Fsp3) is 0.269. The van der Waals surface area contributed by atoms with Crippen LogP contribution in [-0.4, -0.2) is 23.9 Å². The van der Waals surface area contributed by atoms with Crippen LogP contribution in [0.15, 0.2) is 59.5 Å². The number of nitrogens with zero attached hydrogens (tertiary/aromatic N) is 3. The van der Waals surface area contributed by atoms with Crippen LogP contribution in [0.1, 0.15) is 46.7 Å². The Labute approximate surface area is 211 Å². The number of amides is 1. The summed E-state index contributed by atoms with van der Waals surface area (Å²) < 4.78 is 2.43. The molecule has 1 aliphatic heterocycles. The molecule has 0 unspecified atom stereocenters. The van der Waals surface area contributed by atoms with Gasteiger partial charge < -0.3 is 15.3 Å². The third-order valence-corrected chi connectivity index (χ3v) is 7.45. The SMILES string of the molecule is O=C(Cc1cc[n+]([O-])cc1)N1CCC([C@@H]2c3ccc(Cl)cc3C=Cc3cc(Br)c[n+]([O-])c32)CC1. The molecule has 1 aromatic carbocycles. The molecule has 6 nitrogen and oxygen atoms in total. The van der Waals surface area contributed by atoms with E-state index in [1.54, 1.807) is 18.3 Å². The number of pyridine rings is 2. The number of benzene rings is 1. The summed E-state index contributed by atoms with van der Waals surface area (Å²) in [5.41, 5.74) is 4.56. The molecule has 0 bridgehead atoms. The van der Waals surface area contributed by atoms with Crippen molar-refractivity contribution in [1.29, 1.82) is 0 Å². The highest BCUT2D eigenvalue weighted by Gasteiger charge is 2.38. The Morgan fingerprint density at radius 1 is 1.06 bits per heavy atom. The van der Waals surface area contributed by atoms with E-state index in [0.717, 1.165) is 50.0 Å². The average molecular weight is 541 g/mol. The molecule has 1 aliphatic carbocycles. The summed E-state index contributed by atoms with van der Waals surface area (Å²) in [4.78, 5) is 14.8. The van der Waals surface area contributed by atoms with Gasteiger partial charge >= 0.3 is 0 Å². The standard InChI is InChI=1S/C26H23BrClN3O3/c27-21-14-20-2-1-19-15-22(28)3-4-23(19)25(26(20)31(34)16-21)18-7-9-29(10-8-18)24(32)13-17-5-11-30(33)12-6-17/h1-6,11-12,14-16,18,25H,7-10,13H2/t25-/m1/s1. The number of piperidine rings is 1. The third-order valence-electron chi connectivity index (χ3n) is 6.78. The minimum absolute atomic E-state index is 0.0556. The second-order valence-electron chi connectivity index (χ2n) is 8.87. The van der Waals surface area contributed by atoms with Crippen molar-refractivity contribution in [2.24, 2.45) is 5.92 Å². The van der Waals surface area contributed by atoms with Crippen LogP contribution in [0.4, 0.5) is 0 Å². The van der Waals surface area contributed by atoms with Crippen LogP contribution in [0.25, 0.3) is 12.2 Å². The van der Waals surface area contributed by atoms with Crippen LogP contribution >= 0.6 is 27.5 Å². The Balaban J connectivity index is 1.40. The molecule has 34 heavy (non-hydrogen) atoms. The number of hydrogen-bond acceptors (Lipinski definition) is 3. The van der Waals surface area contributed by atoms with Crippen LogP contribution in [0.2, 0.25) is 5.02 Å². The van der Waals surface area contributed by atoms with E-state index in [-0.39, 0.29) is 24.2 Å². The maximum absolute atomic E-state index is 13.1. The van der Waals surface area contributed by atoms with Crippen LogP contribution in [-0.2, 0) is 11.2 Å². The minimum Gasteiger partial charge on any atom is -0.619 e. The molecule has 0 spiro atoms. The fourth-order valence-electron chi connectivity index (χ4n) is 5.13. The van der Waals surface area contributed by atoms with Crippen molar-refractivity contribution >= 4 is 45.6 Å². The van der Waals surface area contributed by atoms with Crippen LogP contribution in [0.5, 0.6) is 0 Å². The molecule has 0 radical (unpaired) electrons. The number of halogens is 2. The number of likely N-dealkylation sites (tertiary alicyclic amines) is 1. The maximum Gasteiger partial charge on any atom is 0.226 e. The first-order valence-corrected chi connectivity index (χ1v) is 12.4. The van der Waals surface area contributed by atoms with Gasteiger partial charge in [0.2, 0.25) is 11.6 Å². The molecule has 1 fully saturated rings. The van der Waals surface area contributed by atoms with Gasteiger partial charge in [-0.2, -0.15) is 9.46 Å². The number of rotatable bonds is 3. The van der Waals surface area contributed by atoms with Gasteiger partial charge in [-0.25, -0.2) is 0 Å². The summed E-state index contributed by atoms with van der Waals surface area (Å²) in [7, 11) is 0. The lowest BCUT2D eigenvalue weighted by Gasteiger charge is -2.36. The predicted molar refractivity (Wildman–Crippen MR) is 134 cm³/mol. The van der Waals surface area contributed by atoms with E-state index in [2.05, 4.69) is 15.9 Å². The van der Waals surface area contributed by atoms with Crippen molar-refractivity contribution in [2.45, 2.75) is 25.2 Å². The molecule has 5 rings (SSSR count). The lowest BCUT2D eigenvalue weighted by atomic mass is 9.76. The molecule has 3 aromatic rings. The van der Waals surface area contributed by atoms with Crippen molar-refractivity contribution in [2.75, 3.05) is 13.1 Å². The lowest BCUT2D eigenvalue weighted by Crippen LogP contribution is -2.43. The van der Waals surface area contributed by atoms with E-state index in [9.17, 15) is 15.2 Å². The number of carbonyl (C=O) groups excluding carboxylic acids is 1. The monoisotopic (exact) mass is 539 g/mol. The van der Waals surface area contributed by atoms with Crippen molar-refractivity contribution in [1.82, 2.24) is 4.90 Å². The Bertz CT molecular complexity index is 1270. The highest BCUT2D eigenvalue weighted by Crippen LogP contribution is 2.42. The number of fused-ring (bicyclic) bond motifs is 2. The molecule has 1 atom stereocenters. The van der Waals surface area contributed by atoms with Gasteiger partial charge in [-0.15, -0.1) is 0 Å². The summed E-state index contributed by atoms with van der Waals surface area (Å²) in [5.74, 6) is 0.168. The second kappa shape index (κ2) is 9.39. The van der Waals surface area contributed by atoms with Crippen LogP contribution in [0, 0.1) is 16.3 Å². The molecule has 1 amide bonds. The van der Waals surface area contributed by atoms with Gasteiger partial charge in [0.1, 0.15) is 0 Å². The summed E-state index contributed by atoms with van der Waals surface area (Å²) in [6, 6.07) is 11.2. The zero-order valence-corrected chi connectivity index (χ0v) is 20.7. The van der Waals surface area contributed by atoms with Gasteiger partial charge in [-0.1, -0.05) is 23.7 Å². The molecule has 0 N–H and O–H groups in total. The van der Waals surface area contributed by atoms with E-state index in [1.165, 1.54) is 12.4 Å². The molecular formula is C26H23BrClN3O3. The van der Waals surface area contributed by atoms with E-state index in [4.69, 9.17) is 11.6 Å². The Kier molecular flexibility index (Phi) is 6.32. The molecule has 2 aromatic heterocycles. The van der Waals surface area contributed by atoms with Crippen LogP contribution < -0.4 is 9.46 Å². The first-order valence-electron chi connectivity index (χ1n) is 11.2. The molecule has 8 heteroatoms. The van der Waals surface area contributed by atoms with Crippen LogP contribution in [0.3, 0.4) is 0 Å². The first kappa shape index (κ1) is 22.9. The van der Waals surface area contributed by atoms with Gasteiger partial charge in [-0.05, 0) is 75.7 Å². The van der Waals surface area contributed by atoms with Gasteiger partial charge in [0.25, 0.3) is 0 Å². The van der Waals surface area contributed by atoms with Gasteiger partial charge in [-0.3, -0.25) is 4.79 Å². The molecule has 1 saturated heterocycles. The summed E-state index contributed by atoms with van der Waals surface area (Å²) in [6.45, 7) is 1.27. The van der Waals surface area contributed by atoms with Gasteiger partial charge in [0, 0.05) is 35.8 Å². The highest BCUT2D eigenvalue weighted by molar-refractivity contribution is 9.10. The van der Waals surface area contributed by atoms with E-state index in [1.807, 2.05) is 41.3 Å². The number of aromatic nitrogens is 2. The zero-order valence-electron chi connectivity index (χ0n) is 18.4. The Morgan fingerprint density at radius 2 is 1.76 bits per heavy atom. The normalized spacial score (nSPS) is 17.7. The maximum atomic E-state index is 13.1. The topological polar surface area (TPSA) is 74.2 Å². The average Bonchev–Trinajstić information content (AvgIpc) is 2.97. The smallest absolute Gasteiger partial charge is 0.226 e. The number of carbonyl (C=O) groups is 1. The Hall–Kier alpha value is -2.90. The molecule has 3 heterocycles. The summed E-state index contributed by atoms with van der Waals surface area (Å²) in [5, 5.41) is 25.0. The number of hydrogen-bond donors (Lipinski definition) is 0. The van der Waals surface area contributed by atoms with E-state index < -0.39 is 0 Å². The lowest BCUT2D eigenvalue weighted by molar-refractivity contribution is -0.616. The van der Waals surface area contributed by atoms with Crippen molar-refractivity contribution in [3.63, 3.8) is 0 Å². The Morgan fingerprint density at radius 3 is 2.50 bits per heavy atom. The van der Waals surface area contributed by atoms with Gasteiger partial charge in [0.15, 0.2) is 18.6 Å². The molecular weight excluding hydrogens is 518 g/mol. The van der Waals surface area contributed by atoms with Crippen molar-refractivity contribution in [3.05, 3.63) is 103 Å². The highest BCUT2D eigenvalue weighted by atomic mass is 79.9. The van der Waals surface area contributed by atoms with Crippen molar-refractivity contribution < 1.29 is 14.3 Å². The van der Waals surface area contributed by atoms with Gasteiger partial charge in [0.05, 0.1) is 16.8 Å². The molecule has 2 aliphatic rings. The van der Waals surface area contributed by atoms with E-state index in [0.29, 0.717) is 22.8 Å². The second-order valence-corrected chi connectivity index (χ2v) is 10.2. The molecule has 0 saturated carbocycles. The van der Waals surface area contributed by atoms with E-state index >= 15 is 0 Å². The quantitative estimate of drug-likeness (QED) is 0.364. The van der Waals surface area contributed by atoms with Crippen molar-refractivity contribution in [3.8, 4) is 0 Å². The molecule has 174 valence electrons.